The highest BCUT2D eigenvalue weighted by atomic mass is 32.2. The van der Waals surface area contributed by atoms with Crippen molar-refractivity contribution in [3.63, 3.8) is 0 Å². The monoisotopic (exact) mass is 326 g/mol. The summed E-state index contributed by atoms with van der Waals surface area (Å²) < 4.78 is 31.2. The van der Waals surface area contributed by atoms with Crippen LogP contribution in [0.5, 0.6) is 5.75 Å². The number of nitrogens with zero attached hydrogens (tertiary/aromatic N) is 2. The van der Waals surface area contributed by atoms with Crippen LogP contribution in [0.25, 0.3) is 0 Å². The van der Waals surface area contributed by atoms with Gasteiger partial charge in [0, 0.05) is 13.1 Å². The topological polar surface area (TPSA) is 66.9 Å². The number of fused-ring (bicyclic) bond motifs is 1. The highest BCUT2D eigenvalue weighted by Gasteiger charge is 2.36. The first-order valence-corrected chi connectivity index (χ1v) is 9.16. The second-order valence-electron chi connectivity index (χ2n) is 5.38. The fourth-order valence-corrected chi connectivity index (χ4v) is 3.45. The van der Waals surface area contributed by atoms with Gasteiger partial charge in [-0.1, -0.05) is 6.07 Å². The largest absolute Gasteiger partial charge is 0.476 e. The van der Waals surface area contributed by atoms with E-state index in [1.807, 2.05) is 26.8 Å². The van der Waals surface area contributed by atoms with Crippen LogP contribution in [0.15, 0.2) is 18.2 Å². The third kappa shape index (κ3) is 3.19. The molecule has 1 aliphatic rings. The van der Waals surface area contributed by atoms with Gasteiger partial charge in [-0.2, -0.15) is 0 Å². The van der Waals surface area contributed by atoms with Crippen molar-refractivity contribution in [3.05, 3.63) is 23.8 Å². The fourth-order valence-electron chi connectivity index (χ4n) is 2.54. The predicted octanol–water partition coefficient (Wildman–Crippen LogP) is 1.39. The number of amides is 1. The maximum atomic E-state index is 12.5. The van der Waals surface area contributed by atoms with E-state index < -0.39 is 16.1 Å². The van der Waals surface area contributed by atoms with Crippen molar-refractivity contribution in [2.24, 2.45) is 0 Å². The highest BCUT2D eigenvalue weighted by molar-refractivity contribution is 7.92. The second-order valence-corrected chi connectivity index (χ2v) is 7.29. The van der Waals surface area contributed by atoms with Gasteiger partial charge in [-0.25, -0.2) is 8.42 Å². The van der Waals surface area contributed by atoms with E-state index in [1.165, 1.54) is 4.31 Å². The molecule has 122 valence electrons. The van der Waals surface area contributed by atoms with Crippen LogP contribution in [0.1, 0.15) is 19.4 Å². The third-order valence-electron chi connectivity index (χ3n) is 3.73. The van der Waals surface area contributed by atoms with Crippen LogP contribution in [-0.4, -0.2) is 51.2 Å². The molecule has 22 heavy (non-hydrogen) atoms. The molecule has 0 bridgehead atoms. The Bertz CT molecular complexity index is 668. The number of aryl methyl sites for hydroxylation is 1. The normalized spacial score (nSPS) is 17.6. The number of anilines is 1. The lowest BCUT2D eigenvalue weighted by atomic mass is 10.1. The average molecular weight is 326 g/mol. The van der Waals surface area contributed by atoms with E-state index in [9.17, 15) is 13.2 Å². The molecule has 1 amide bonds. The Morgan fingerprint density at radius 2 is 2.00 bits per heavy atom. The molecule has 0 spiro atoms. The Hall–Kier alpha value is -1.76. The Morgan fingerprint density at radius 3 is 2.55 bits per heavy atom. The minimum Gasteiger partial charge on any atom is -0.476 e. The second kappa shape index (κ2) is 6.16. The van der Waals surface area contributed by atoms with Gasteiger partial charge in [-0.15, -0.1) is 0 Å². The van der Waals surface area contributed by atoms with Crippen LogP contribution in [0, 0.1) is 6.92 Å². The molecule has 6 nitrogen and oxygen atoms in total. The van der Waals surface area contributed by atoms with Crippen molar-refractivity contribution in [1.29, 1.82) is 0 Å². The molecule has 0 aliphatic carbocycles. The first kappa shape index (κ1) is 16.6. The molecule has 1 heterocycles. The van der Waals surface area contributed by atoms with E-state index >= 15 is 0 Å². The van der Waals surface area contributed by atoms with E-state index in [0.29, 0.717) is 24.5 Å². The standard InChI is InChI=1S/C15H22N2O4S/c1-5-16(6-2)15(18)14-10-17(22(4,19)20)12-9-11(3)7-8-13(12)21-14/h7-9,14H,5-6,10H2,1-4H3. The first-order chi connectivity index (χ1) is 10.3. The number of carbonyl (C=O) groups excluding carboxylic acids is 1. The predicted molar refractivity (Wildman–Crippen MR) is 85.7 cm³/mol. The Labute approximate surface area is 131 Å². The van der Waals surface area contributed by atoms with Crippen molar-refractivity contribution in [3.8, 4) is 5.75 Å². The summed E-state index contributed by atoms with van der Waals surface area (Å²) in [5.74, 6) is 0.234. The van der Waals surface area contributed by atoms with Crippen LogP contribution in [0.3, 0.4) is 0 Å². The molecule has 0 N–H and O–H groups in total. The van der Waals surface area contributed by atoms with Gasteiger partial charge >= 0.3 is 0 Å². The molecule has 1 aliphatic heterocycles. The van der Waals surface area contributed by atoms with Crippen LogP contribution < -0.4 is 9.04 Å². The van der Waals surface area contributed by atoms with Crippen molar-refractivity contribution in [2.45, 2.75) is 26.9 Å². The van der Waals surface area contributed by atoms with Gasteiger partial charge in [0.15, 0.2) is 6.10 Å². The summed E-state index contributed by atoms with van der Waals surface area (Å²) in [5.41, 5.74) is 1.43. The van der Waals surface area contributed by atoms with Crippen LogP contribution >= 0.6 is 0 Å². The van der Waals surface area contributed by atoms with Gasteiger partial charge in [-0.05, 0) is 38.5 Å². The molecule has 1 aromatic carbocycles. The fraction of sp³-hybridized carbons (Fsp3) is 0.533. The Kier molecular flexibility index (Phi) is 4.65. The van der Waals surface area contributed by atoms with Gasteiger partial charge in [0.2, 0.25) is 10.0 Å². The summed E-state index contributed by atoms with van der Waals surface area (Å²) >= 11 is 0. The van der Waals surface area contributed by atoms with Crippen LogP contribution in [-0.2, 0) is 14.8 Å². The third-order valence-corrected chi connectivity index (χ3v) is 4.88. The van der Waals surface area contributed by atoms with Gasteiger partial charge in [0.25, 0.3) is 5.91 Å². The molecule has 7 heteroatoms. The average Bonchev–Trinajstić information content (AvgIpc) is 2.46. The highest BCUT2D eigenvalue weighted by Crippen LogP contribution is 2.36. The number of hydrogen-bond donors (Lipinski definition) is 0. The summed E-state index contributed by atoms with van der Waals surface area (Å²) in [6.45, 7) is 6.79. The molecule has 0 radical (unpaired) electrons. The molecule has 2 rings (SSSR count). The zero-order chi connectivity index (χ0) is 16.5. The maximum absolute atomic E-state index is 12.5. The quantitative estimate of drug-likeness (QED) is 0.838. The van der Waals surface area contributed by atoms with Crippen molar-refractivity contribution in [1.82, 2.24) is 4.90 Å². The lowest BCUT2D eigenvalue weighted by Crippen LogP contribution is -2.51. The lowest BCUT2D eigenvalue weighted by molar-refractivity contribution is -0.138. The number of carbonyl (C=O) groups is 1. The van der Waals surface area contributed by atoms with Gasteiger partial charge < -0.3 is 9.64 Å². The van der Waals surface area contributed by atoms with Crippen molar-refractivity contribution < 1.29 is 17.9 Å². The van der Waals surface area contributed by atoms with E-state index in [0.717, 1.165) is 11.8 Å². The van der Waals surface area contributed by atoms with Gasteiger partial charge in [0.05, 0.1) is 18.5 Å². The SMILES string of the molecule is CCN(CC)C(=O)C1CN(S(C)(=O)=O)c2cc(C)ccc2O1. The molecule has 1 unspecified atom stereocenters. The summed E-state index contributed by atoms with van der Waals surface area (Å²) in [5, 5.41) is 0. The van der Waals surface area contributed by atoms with Crippen molar-refractivity contribution >= 4 is 21.6 Å². The van der Waals surface area contributed by atoms with Crippen LogP contribution in [0.2, 0.25) is 0 Å². The molecule has 1 aromatic rings. The summed E-state index contributed by atoms with van der Waals surface area (Å²) in [4.78, 5) is 14.1. The zero-order valence-corrected chi connectivity index (χ0v) is 14.2. The van der Waals surface area contributed by atoms with Crippen molar-refractivity contribution in [2.75, 3.05) is 30.2 Å². The van der Waals surface area contributed by atoms with Gasteiger partial charge in [0.1, 0.15) is 5.75 Å². The molecular formula is C15H22N2O4S. The molecular weight excluding hydrogens is 304 g/mol. The Morgan fingerprint density at radius 1 is 1.36 bits per heavy atom. The molecule has 0 aromatic heterocycles. The molecule has 0 saturated heterocycles. The molecule has 0 fully saturated rings. The number of likely N-dealkylation sites (N-methyl/N-ethyl adjacent to an activating group) is 1. The Balaban J connectivity index is 2.41. The number of rotatable bonds is 4. The van der Waals surface area contributed by atoms with E-state index in [-0.39, 0.29) is 12.5 Å². The number of benzene rings is 1. The maximum Gasteiger partial charge on any atom is 0.265 e. The van der Waals surface area contributed by atoms with E-state index in [4.69, 9.17) is 4.74 Å². The summed E-state index contributed by atoms with van der Waals surface area (Å²) in [6.07, 6.45) is 0.327. The summed E-state index contributed by atoms with van der Waals surface area (Å²) in [7, 11) is -3.48. The number of sulfonamides is 1. The first-order valence-electron chi connectivity index (χ1n) is 7.31. The van der Waals surface area contributed by atoms with Gasteiger partial charge in [-0.3, -0.25) is 9.10 Å². The smallest absolute Gasteiger partial charge is 0.265 e. The molecule has 1 atom stereocenters. The number of ether oxygens (including phenoxy) is 1. The van der Waals surface area contributed by atoms with Crippen LogP contribution in [0.4, 0.5) is 5.69 Å². The molecule has 0 saturated carbocycles. The number of hydrogen-bond acceptors (Lipinski definition) is 4. The zero-order valence-electron chi connectivity index (χ0n) is 13.4. The van der Waals surface area contributed by atoms with E-state index in [1.54, 1.807) is 17.0 Å². The van der Waals surface area contributed by atoms with E-state index in [2.05, 4.69) is 0 Å². The minimum atomic E-state index is -3.48. The minimum absolute atomic E-state index is 0.00458. The summed E-state index contributed by atoms with van der Waals surface area (Å²) in [6, 6.07) is 5.31. The lowest BCUT2D eigenvalue weighted by Gasteiger charge is -2.36.